The summed E-state index contributed by atoms with van der Waals surface area (Å²) in [5.74, 6) is 1.50. The average molecular weight is 224 g/mol. The molecule has 0 radical (unpaired) electrons. The summed E-state index contributed by atoms with van der Waals surface area (Å²) in [6, 6.07) is 0.429. The van der Waals surface area contributed by atoms with Crippen LogP contribution in [0.4, 0.5) is 0 Å². The average Bonchev–Trinajstić information content (AvgIpc) is 2.51. The molecule has 1 aromatic heterocycles. The topological polar surface area (TPSA) is 38.1 Å². The minimum atomic E-state index is 0.131. The lowest BCUT2D eigenvalue weighted by molar-refractivity contribution is 0.304. The lowest BCUT2D eigenvalue weighted by atomic mass is 9.97. The summed E-state index contributed by atoms with van der Waals surface area (Å²) >= 11 is 0. The number of hydrogen-bond acceptors (Lipinski definition) is 3. The molecule has 3 heteroatoms. The van der Waals surface area contributed by atoms with Gasteiger partial charge >= 0.3 is 0 Å². The van der Waals surface area contributed by atoms with E-state index in [0.29, 0.717) is 12.0 Å². The second kappa shape index (κ2) is 5.48. The smallest absolute Gasteiger partial charge is 0.195 e. The van der Waals surface area contributed by atoms with Gasteiger partial charge in [-0.15, -0.1) is 0 Å². The van der Waals surface area contributed by atoms with E-state index in [9.17, 15) is 0 Å². The number of nitrogens with one attached hydrogen (secondary N) is 1. The first-order chi connectivity index (χ1) is 7.37. The fraction of sp³-hybridized carbons (Fsp3) is 0.769. The highest BCUT2D eigenvalue weighted by atomic mass is 16.3. The maximum Gasteiger partial charge on any atom is 0.195 e. The van der Waals surface area contributed by atoms with E-state index in [-0.39, 0.29) is 5.54 Å². The Kier molecular flexibility index (Phi) is 4.54. The molecule has 0 spiro atoms. The summed E-state index contributed by atoms with van der Waals surface area (Å²) in [5.41, 5.74) is 0.131. The van der Waals surface area contributed by atoms with Crippen molar-refractivity contribution in [2.45, 2.75) is 59.0 Å². The Morgan fingerprint density at radius 1 is 1.38 bits per heavy atom. The van der Waals surface area contributed by atoms with Gasteiger partial charge in [0, 0.05) is 18.0 Å². The minimum absolute atomic E-state index is 0.131. The zero-order valence-corrected chi connectivity index (χ0v) is 11.1. The van der Waals surface area contributed by atoms with Crippen molar-refractivity contribution in [1.82, 2.24) is 10.3 Å². The van der Waals surface area contributed by atoms with Gasteiger partial charge in [0.25, 0.3) is 0 Å². The maximum atomic E-state index is 5.31. The third kappa shape index (κ3) is 5.31. The predicted octanol–water partition coefficient (Wildman–Crippen LogP) is 3.02. The molecular weight excluding hydrogens is 200 g/mol. The van der Waals surface area contributed by atoms with Gasteiger partial charge in [-0.1, -0.05) is 13.8 Å². The third-order valence-electron chi connectivity index (χ3n) is 2.30. The second-order valence-corrected chi connectivity index (χ2v) is 5.85. The molecule has 16 heavy (non-hydrogen) atoms. The highest BCUT2D eigenvalue weighted by Crippen LogP contribution is 2.13. The molecule has 0 bridgehead atoms. The van der Waals surface area contributed by atoms with Crippen LogP contribution in [0.1, 0.15) is 46.9 Å². The van der Waals surface area contributed by atoms with Crippen molar-refractivity contribution in [2.24, 2.45) is 5.92 Å². The first-order valence-corrected chi connectivity index (χ1v) is 6.03. The molecular formula is C13H24N2O. The molecule has 1 heterocycles. The fourth-order valence-electron chi connectivity index (χ4n) is 1.94. The van der Waals surface area contributed by atoms with E-state index in [1.165, 1.54) is 0 Å². The summed E-state index contributed by atoms with van der Waals surface area (Å²) in [6.45, 7) is 11.1. The lowest BCUT2D eigenvalue weighted by Crippen LogP contribution is -2.45. The highest BCUT2D eigenvalue weighted by molar-refractivity contribution is 4.89. The van der Waals surface area contributed by atoms with Gasteiger partial charge in [0.15, 0.2) is 5.89 Å². The van der Waals surface area contributed by atoms with Gasteiger partial charge in [-0.05, 0) is 33.1 Å². The molecule has 92 valence electrons. The number of rotatable bonds is 5. The first kappa shape index (κ1) is 13.2. The van der Waals surface area contributed by atoms with Crippen LogP contribution in [0.2, 0.25) is 0 Å². The molecule has 1 N–H and O–H groups in total. The first-order valence-electron chi connectivity index (χ1n) is 6.03. The Morgan fingerprint density at radius 3 is 2.50 bits per heavy atom. The molecule has 0 aliphatic rings. The number of nitrogens with zero attached hydrogens (tertiary/aromatic N) is 1. The Morgan fingerprint density at radius 2 is 2.06 bits per heavy atom. The van der Waals surface area contributed by atoms with Crippen molar-refractivity contribution in [3.05, 3.63) is 18.4 Å². The Bertz CT molecular complexity index is 285. The molecule has 0 aromatic carbocycles. The molecule has 0 fully saturated rings. The van der Waals surface area contributed by atoms with Gasteiger partial charge in [0.2, 0.25) is 0 Å². The van der Waals surface area contributed by atoms with Crippen LogP contribution < -0.4 is 5.32 Å². The van der Waals surface area contributed by atoms with Crippen molar-refractivity contribution in [3.8, 4) is 0 Å². The normalized spacial score (nSPS) is 14.4. The van der Waals surface area contributed by atoms with E-state index in [1.54, 1.807) is 12.5 Å². The fourth-order valence-corrected chi connectivity index (χ4v) is 1.94. The van der Waals surface area contributed by atoms with Crippen LogP contribution in [0.5, 0.6) is 0 Å². The zero-order valence-electron chi connectivity index (χ0n) is 11.1. The Labute approximate surface area is 98.6 Å². The van der Waals surface area contributed by atoms with Gasteiger partial charge in [0.1, 0.15) is 6.26 Å². The number of hydrogen-bond donors (Lipinski definition) is 1. The predicted molar refractivity (Wildman–Crippen MR) is 66.3 cm³/mol. The number of oxazole rings is 1. The van der Waals surface area contributed by atoms with Gasteiger partial charge in [0.05, 0.1) is 6.20 Å². The molecule has 1 unspecified atom stereocenters. The molecule has 0 saturated carbocycles. The van der Waals surface area contributed by atoms with Crippen molar-refractivity contribution < 1.29 is 4.42 Å². The van der Waals surface area contributed by atoms with E-state index < -0.39 is 0 Å². The molecule has 1 aromatic rings. The van der Waals surface area contributed by atoms with Crippen LogP contribution in [0.25, 0.3) is 0 Å². The maximum absolute atomic E-state index is 5.31. The van der Waals surface area contributed by atoms with Crippen molar-refractivity contribution in [2.75, 3.05) is 0 Å². The Hall–Kier alpha value is -0.830. The van der Waals surface area contributed by atoms with Crippen LogP contribution in [0, 0.1) is 5.92 Å². The minimum Gasteiger partial charge on any atom is -0.449 e. The van der Waals surface area contributed by atoms with E-state index in [1.807, 2.05) is 0 Å². The van der Waals surface area contributed by atoms with Crippen LogP contribution in [0.3, 0.4) is 0 Å². The van der Waals surface area contributed by atoms with Crippen molar-refractivity contribution >= 4 is 0 Å². The quantitative estimate of drug-likeness (QED) is 0.835. The van der Waals surface area contributed by atoms with E-state index >= 15 is 0 Å². The molecule has 3 nitrogen and oxygen atoms in total. The Balaban J connectivity index is 2.57. The van der Waals surface area contributed by atoms with E-state index in [0.717, 1.165) is 18.7 Å². The van der Waals surface area contributed by atoms with Gasteiger partial charge in [-0.2, -0.15) is 0 Å². The SMILES string of the molecule is CC(C)CC(Cc1ncco1)NC(C)(C)C. The molecule has 0 aliphatic carbocycles. The number of aromatic nitrogens is 1. The summed E-state index contributed by atoms with van der Waals surface area (Å²) in [7, 11) is 0. The van der Waals surface area contributed by atoms with Crippen LogP contribution in [-0.4, -0.2) is 16.6 Å². The summed E-state index contributed by atoms with van der Waals surface area (Å²) in [4.78, 5) is 4.19. The molecule has 0 saturated heterocycles. The summed E-state index contributed by atoms with van der Waals surface area (Å²) in [6.07, 6.45) is 5.35. The van der Waals surface area contributed by atoms with E-state index in [4.69, 9.17) is 4.42 Å². The summed E-state index contributed by atoms with van der Waals surface area (Å²) in [5, 5.41) is 3.63. The molecule has 0 aliphatic heterocycles. The van der Waals surface area contributed by atoms with Gasteiger partial charge in [-0.25, -0.2) is 4.98 Å². The van der Waals surface area contributed by atoms with Crippen LogP contribution in [-0.2, 0) is 6.42 Å². The second-order valence-electron chi connectivity index (χ2n) is 5.85. The van der Waals surface area contributed by atoms with Gasteiger partial charge < -0.3 is 9.73 Å². The van der Waals surface area contributed by atoms with Crippen molar-refractivity contribution in [1.29, 1.82) is 0 Å². The van der Waals surface area contributed by atoms with Crippen molar-refractivity contribution in [3.63, 3.8) is 0 Å². The summed E-state index contributed by atoms with van der Waals surface area (Å²) < 4.78 is 5.31. The highest BCUT2D eigenvalue weighted by Gasteiger charge is 2.19. The molecule has 1 rings (SSSR count). The van der Waals surface area contributed by atoms with Gasteiger partial charge in [-0.3, -0.25) is 0 Å². The third-order valence-corrected chi connectivity index (χ3v) is 2.30. The zero-order chi connectivity index (χ0) is 12.2. The molecule has 1 atom stereocenters. The largest absolute Gasteiger partial charge is 0.449 e. The van der Waals surface area contributed by atoms with Crippen LogP contribution >= 0.6 is 0 Å². The van der Waals surface area contributed by atoms with Crippen LogP contribution in [0.15, 0.2) is 16.9 Å². The van der Waals surface area contributed by atoms with E-state index in [2.05, 4.69) is 44.9 Å². The lowest BCUT2D eigenvalue weighted by Gasteiger charge is -2.29. The monoisotopic (exact) mass is 224 g/mol. The standard InChI is InChI=1S/C13H24N2O/c1-10(2)8-11(15-13(3,4)5)9-12-14-6-7-16-12/h6-7,10-11,15H,8-9H2,1-5H3. The molecule has 0 amide bonds.